The number of carboxylic acids is 1. The van der Waals surface area contributed by atoms with Crippen LogP contribution in [-0.4, -0.2) is 34.8 Å². The van der Waals surface area contributed by atoms with E-state index in [0.29, 0.717) is 17.8 Å². The molecule has 1 aromatic heterocycles. The van der Waals surface area contributed by atoms with Crippen LogP contribution in [0, 0.1) is 5.92 Å². The van der Waals surface area contributed by atoms with Gasteiger partial charge in [-0.2, -0.15) is 0 Å². The second kappa shape index (κ2) is 6.70. The summed E-state index contributed by atoms with van der Waals surface area (Å²) >= 11 is 0. The first kappa shape index (κ1) is 14.8. The first-order chi connectivity index (χ1) is 9.54. The van der Waals surface area contributed by atoms with Crippen molar-refractivity contribution >= 4 is 11.8 Å². The Bertz CT molecular complexity index is 462. The van der Waals surface area contributed by atoms with Crippen LogP contribution in [0.3, 0.4) is 0 Å². The van der Waals surface area contributed by atoms with Crippen LogP contribution in [-0.2, 0) is 4.74 Å². The minimum Gasteiger partial charge on any atom is -0.477 e. The molecule has 2 unspecified atom stereocenters. The molecule has 0 aliphatic carbocycles. The van der Waals surface area contributed by atoms with E-state index >= 15 is 0 Å². The van der Waals surface area contributed by atoms with Crippen molar-refractivity contribution in [1.29, 1.82) is 0 Å². The molecule has 1 saturated heterocycles. The summed E-state index contributed by atoms with van der Waals surface area (Å²) in [6.45, 7) is 5.13. The number of carboxylic acid groups (broad SMARTS) is 1. The van der Waals surface area contributed by atoms with Crippen molar-refractivity contribution in [2.45, 2.75) is 45.3 Å². The monoisotopic (exact) mass is 278 g/mol. The molecule has 2 heterocycles. The number of rotatable bonds is 5. The zero-order chi connectivity index (χ0) is 14.5. The highest BCUT2D eigenvalue weighted by molar-refractivity contribution is 5.85. The number of aromatic nitrogens is 1. The van der Waals surface area contributed by atoms with Gasteiger partial charge in [0.05, 0.1) is 6.10 Å². The Morgan fingerprint density at radius 2 is 2.35 bits per heavy atom. The third-order valence-corrected chi connectivity index (χ3v) is 3.42. The van der Waals surface area contributed by atoms with Crippen molar-refractivity contribution < 1.29 is 14.6 Å². The van der Waals surface area contributed by atoms with Crippen molar-refractivity contribution in [3.8, 4) is 0 Å². The molecule has 1 fully saturated rings. The number of anilines is 1. The average molecular weight is 278 g/mol. The summed E-state index contributed by atoms with van der Waals surface area (Å²) in [5.41, 5.74) is 0.0702. The van der Waals surface area contributed by atoms with Gasteiger partial charge in [-0.15, -0.1) is 0 Å². The van der Waals surface area contributed by atoms with Gasteiger partial charge in [0.2, 0.25) is 0 Å². The molecule has 110 valence electrons. The summed E-state index contributed by atoms with van der Waals surface area (Å²) in [6, 6.07) is 5.31. The van der Waals surface area contributed by atoms with Crippen molar-refractivity contribution in [3.63, 3.8) is 0 Å². The van der Waals surface area contributed by atoms with Crippen molar-refractivity contribution in [2.24, 2.45) is 5.92 Å². The van der Waals surface area contributed by atoms with Crippen LogP contribution in [0.4, 0.5) is 5.82 Å². The zero-order valence-corrected chi connectivity index (χ0v) is 12.0. The zero-order valence-electron chi connectivity index (χ0n) is 12.0. The number of carbonyl (C=O) groups is 1. The largest absolute Gasteiger partial charge is 0.477 e. The molecule has 2 atom stereocenters. The molecule has 0 bridgehead atoms. The standard InChI is InChI=1S/C15H22N2O3/c1-10(2)8-12-9-11(6-7-20-12)16-14-5-3-4-13(17-14)15(18)19/h3-5,10-12H,6-9H2,1-2H3,(H,16,17)(H,18,19). The van der Waals surface area contributed by atoms with Crippen LogP contribution in [0.5, 0.6) is 0 Å². The molecule has 0 saturated carbocycles. The SMILES string of the molecule is CC(C)CC1CC(Nc2cccc(C(=O)O)n2)CCO1. The van der Waals surface area contributed by atoms with Gasteiger partial charge in [-0.25, -0.2) is 9.78 Å². The molecule has 1 aromatic rings. The highest BCUT2D eigenvalue weighted by Crippen LogP contribution is 2.22. The fourth-order valence-corrected chi connectivity index (χ4v) is 2.54. The topological polar surface area (TPSA) is 71.5 Å². The highest BCUT2D eigenvalue weighted by atomic mass is 16.5. The average Bonchev–Trinajstić information content (AvgIpc) is 2.38. The van der Waals surface area contributed by atoms with Crippen molar-refractivity contribution in [2.75, 3.05) is 11.9 Å². The van der Waals surface area contributed by atoms with E-state index in [-0.39, 0.29) is 11.8 Å². The normalized spacial score (nSPS) is 22.8. The fourth-order valence-electron chi connectivity index (χ4n) is 2.54. The van der Waals surface area contributed by atoms with E-state index in [4.69, 9.17) is 9.84 Å². The maximum absolute atomic E-state index is 10.9. The first-order valence-electron chi connectivity index (χ1n) is 7.13. The van der Waals surface area contributed by atoms with Gasteiger partial charge < -0.3 is 15.2 Å². The Morgan fingerprint density at radius 1 is 1.55 bits per heavy atom. The third kappa shape index (κ3) is 4.20. The predicted molar refractivity (Wildman–Crippen MR) is 77.0 cm³/mol. The minimum absolute atomic E-state index is 0.0702. The number of hydrogen-bond acceptors (Lipinski definition) is 4. The van der Waals surface area contributed by atoms with Crippen molar-refractivity contribution in [3.05, 3.63) is 23.9 Å². The van der Waals surface area contributed by atoms with E-state index < -0.39 is 5.97 Å². The van der Waals surface area contributed by atoms with Crippen LogP contribution in [0.25, 0.3) is 0 Å². The van der Waals surface area contributed by atoms with E-state index in [1.807, 2.05) is 0 Å². The molecule has 5 heteroatoms. The highest BCUT2D eigenvalue weighted by Gasteiger charge is 2.23. The van der Waals surface area contributed by atoms with E-state index in [2.05, 4.69) is 24.1 Å². The molecular formula is C15H22N2O3. The van der Waals surface area contributed by atoms with Gasteiger partial charge >= 0.3 is 5.97 Å². The number of hydrogen-bond donors (Lipinski definition) is 2. The Balaban J connectivity index is 1.95. The lowest BCUT2D eigenvalue weighted by Crippen LogP contribution is -2.35. The quantitative estimate of drug-likeness (QED) is 0.866. The van der Waals surface area contributed by atoms with E-state index in [1.165, 1.54) is 6.07 Å². The van der Waals surface area contributed by atoms with E-state index in [1.54, 1.807) is 12.1 Å². The fraction of sp³-hybridized carbons (Fsp3) is 0.600. The van der Waals surface area contributed by atoms with E-state index in [9.17, 15) is 4.79 Å². The van der Waals surface area contributed by atoms with Crippen LogP contribution >= 0.6 is 0 Å². The molecule has 1 aliphatic rings. The number of pyridine rings is 1. The maximum atomic E-state index is 10.9. The summed E-state index contributed by atoms with van der Waals surface area (Å²) in [5.74, 6) is 0.241. The van der Waals surface area contributed by atoms with Gasteiger partial charge in [-0.3, -0.25) is 0 Å². The van der Waals surface area contributed by atoms with Gasteiger partial charge in [-0.1, -0.05) is 19.9 Å². The molecule has 20 heavy (non-hydrogen) atoms. The van der Waals surface area contributed by atoms with Gasteiger partial charge in [0, 0.05) is 12.6 Å². The molecule has 0 amide bonds. The molecule has 1 aliphatic heterocycles. The lowest BCUT2D eigenvalue weighted by atomic mass is 9.96. The third-order valence-electron chi connectivity index (χ3n) is 3.42. The summed E-state index contributed by atoms with van der Waals surface area (Å²) in [7, 11) is 0. The molecule has 2 N–H and O–H groups in total. The summed E-state index contributed by atoms with van der Waals surface area (Å²) in [6.07, 6.45) is 3.20. The number of nitrogens with zero attached hydrogens (tertiary/aromatic N) is 1. The Kier molecular flexibility index (Phi) is 4.95. The molecule has 2 rings (SSSR count). The van der Waals surface area contributed by atoms with Crippen LogP contribution in [0.1, 0.15) is 43.6 Å². The van der Waals surface area contributed by atoms with Gasteiger partial charge in [-0.05, 0) is 37.3 Å². The maximum Gasteiger partial charge on any atom is 0.354 e. The lowest BCUT2D eigenvalue weighted by molar-refractivity contribution is -0.000590. The number of nitrogens with one attached hydrogen (secondary N) is 1. The second-order valence-corrected chi connectivity index (χ2v) is 5.70. The molecule has 5 nitrogen and oxygen atoms in total. The van der Waals surface area contributed by atoms with Crippen LogP contribution in [0.15, 0.2) is 18.2 Å². The smallest absolute Gasteiger partial charge is 0.354 e. The predicted octanol–water partition coefficient (Wildman–Crippen LogP) is 2.79. The van der Waals surface area contributed by atoms with Gasteiger partial charge in [0.1, 0.15) is 5.82 Å². The molecule has 0 radical (unpaired) electrons. The minimum atomic E-state index is -1.00. The molecule has 0 aromatic carbocycles. The van der Waals surface area contributed by atoms with Crippen LogP contribution in [0.2, 0.25) is 0 Å². The molecular weight excluding hydrogens is 256 g/mol. The Labute approximate surface area is 119 Å². The Hall–Kier alpha value is -1.62. The summed E-state index contributed by atoms with van der Waals surface area (Å²) in [4.78, 5) is 15.0. The first-order valence-corrected chi connectivity index (χ1v) is 7.13. The van der Waals surface area contributed by atoms with E-state index in [0.717, 1.165) is 25.9 Å². The van der Waals surface area contributed by atoms with Gasteiger partial charge in [0.15, 0.2) is 5.69 Å². The lowest BCUT2D eigenvalue weighted by Gasteiger charge is -2.31. The van der Waals surface area contributed by atoms with Gasteiger partial charge in [0.25, 0.3) is 0 Å². The van der Waals surface area contributed by atoms with Crippen LogP contribution < -0.4 is 5.32 Å². The Morgan fingerprint density at radius 3 is 3.05 bits per heavy atom. The second-order valence-electron chi connectivity index (χ2n) is 5.70. The summed E-state index contributed by atoms with van der Waals surface area (Å²) < 4.78 is 5.76. The summed E-state index contributed by atoms with van der Waals surface area (Å²) in [5, 5.41) is 12.3. The molecule has 0 spiro atoms. The number of aromatic carboxylic acids is 1. The number of ether oxygens (including phenoxy) is 1. The van der Waals surface area contributed by atoms with Crippen molar-refractivity contribution in [1.82, 2.24) is 4.98 Å².